The third-order valence-electron chi connectivity index (χ3n) is 3.65. The number of aliphatic hydroxyl groups is 1. The first-order valence-corrected chi connectivity index (χ1v) is 10.3. The van der Waals surface area contributed by atoms with Crippen LogP contribution in [0.3, 0.4) is 0 Å². The second-order valence-corrected chi connectivity index (χ2v) is 8.92. The number of benzene rings is 2. The highest BCUT2D eigenvalue weighted by molar-refractivity contribution is 7.57. The summed E-state index contributed by atoms with van der Waals surface area (Å²) in [5.74, 6) is 0. The van der Waals surface area contributed by atoms with Crippen LogP contribution in [-0.2, 0) is 10.7 Å². The van der Waals surface area contributed by atoms with E-state index in [9.17, 15) is 14.6 Å². The average molecular weight is 368 g/mol. The van der Waals surface area contributed by atoms with Gasteiger partial charge in [0.15, 0.2) is 0 Å². The Morgan fingerprint density at radius 1 is 1.12 bits per heavy atom. The molecule has 0 fully saturated rings. The molecular formula is C18H23ClNO3P. The lowest BCUT2D eigenvalue weighted by atomic mass is 10.1. The highest BCUT2D eigenvalue weighted by Crippen LogP contribution is 2.45. The Morgan fingerprint density at radius 2 is 1.75 bits per heavy atom. The molecule has 0 heterocycles. The summed E-state index contributed by atoms with van der Waals surface area (Å²) in [4.78, 5) is 10.1. The summed E-state index contributed by atoms with van der Waals surface area (Å²) < 4.78 is 12.3. The van der Waals surface area contributed by atoms with E-state index in [2.05, 4.69) is 5.32 Å². The van der Waals surface area contributed by atoms with Gasteiger partial charge in [0.05, 0.1) is 12.3 Å². The number of nitrogens with one attached hydrogen (secondary N) is 1. The minimum atomic E-state index is -3.41. The second-order valence-electron chi connectivity index (χ2n) is 6.11. The molecule has 24 heavy (non-hydrogen) atoms. The van der Waals surface area contributed by atoms with Crippen molar-refractivity contribution in [3.8, 4) is 0 Å². The maximum atomic E-state index is 12.3. The first-order chi connectivity index (χ1) is 11.3. The standard InChI is InChI=1S/C18H23ClNO3P/c1-14(20-17-9-7-16(19)8-10-17)11-18(21)13-24(22,23)12-15-5-3-2-4-6-15/h2-10,14,18,20-21H,11-13H2,1H3,(H,22,23)/t14?,18-/m1/s1. The van der Waals surface area contributed by atoms with Crippen molar-refractivity contribution >= 4 is 24.7 Å². The first-order valence-electron chi connectivity index (χ1n) is 7.89. The Hall–Kier alpha value is -1.32. The summed E-state index contributed by atoms with van der Waals surface area (Å²) in [5, 5.41) is 14.1. The molecule has 130 valence electrons. The topological polar surface area (TPSA) is 69.6 Å². The molecule has 3 atom stereocenters. The average Bonchev–Trinajstić information content (AvgIpc) is 2.49. The monoisotopic (exact) mass is 367 g/mol. The van der Waals surface area contributed by atoms with Gasteiger partial charge in [-0.15, -0.1) is 0 Å². The summed E-state index contributed by atoms with van der Waals surface area (Å²) in [6.45, 7) is 1.93. The van der Waals surface area contributed by atoms with E-state index < -0.39 is 13.5 Å². The van der Waals surface area contributed by atoms with Crippen molar-refractivity contribution in [2.75, 3.05) is 11.5 Å². The van der Waals surface area contributed by atoms with Crippen LogP contribution in [0.15, 0.2) is 54.6 Å². The lowest BCUT2D eigenvalue weighted by Crippen LogP contribution is -2.25. The zero-order valence-electron chi connectivity index (χ0n) is 13.6. The smallest absolute Gasteiger partial charge is 0.207 e. The van der Waals surface area contributed by atoms with Crippen LogP contribution < -0.4 is 5.32 Å². The summed E-state index contributed by atoms with van der Waals surface area (Å²) in [6, 6.07) is 16.4. The lowest BCUT2D eigenvalue weighted by Gasteiger charge is -2.21. The van der Waals surface area contributed by atoms with E-state index in [4.69, 9.17) is 11.6 Å². The van der Waals surface area contributed by atoms with Gasteiger partial charge in [-0.2, -0.15) is 0 Å². The lowest BCUT2D eigenvalue weighted by molar-refractivity contribution is 0.179. The van der Waals surface area contributed by atoms with Crippen molar-refractivity contribution in [1.82, 2.24) is 0 Å². The van der Waals surface area contributed by atoms with E-state index in [1.54, 1.807) is 12.1 Å². The Kier molecular flexibility index (Phi) is 6.88. The van der Waals surface area contributed by atoms with Gasteiger partial charge in [0, 0.05) is 22.9 Å². The minimum absolute atomic E-state index is 0.0297. The largest absolute Gasteiger partial charge is 0.392 e. The fourth-order valence-electron chi connectivity index (χ4n) is 2.63. The van der Waals surface area contributed by atoms with Gasteiger partial charge in [-0.3, -0.25) is 4.57 Å². The van der Waals surface area contributed by atoms with Gasteiger partial charge >= 0.3 is 0 Å². The summed E-state index contributed by atoms with van der Waals surface area (Å²) >= 11 is 5.85. The summed E-state index contributed by atoms with van der Waals surface area (Å²) in [7, 11) is -3.41. The SMILES string of the molecule is CC(C[C@@H](O)CP(=O)(O)Cc1ccccc1)Nc1ccc(Cl)cc1. The molecule has 4 nitrogen and oxygen atoms in total. The molecule has 0 saturated heterocycles. The maximum Gasteiger partial charge on any atom is 0.207 e. The van der Waals surface area contributed by atoms with Crippen molar-refractivity contribution in [3.05, 3.63) is 65.2 Å². The molecule has 0 saturated carbocycles. The van der Waals surface area contributed by atoms with Crippen LogP contribution in [-0.4, -0.2) is 28.3 Å². The Morgan fingerprint density at radius 3 is 2.38 bits per heavy atom. The minimum Gasteiger partial charge on any atom is -0.392 e. The van der Waals surface area contributed by atoms with Gasteiger partial charge in [-0.05, 0) is 43.2 Å². The van der Waals surface area contributed by atoms with Crippen LogP contribution in [0.2, 0.25) is 5.02 Å². The Labute approximate surface area is 147 Å². The molecule has 0 spiro atoms. The number of halogens is 1. The van der Waals surface area contributed by atoms with Gasteiger partial charge in [0.2, 0.25) is 7.37 Å². The predicted octanol–water partition coefficient (Wildman–Crippen LogP) is 4.36. The van der Waals surface area contributed by atoms with E-state index in [0.29, 0.717) is 11.4 Å². The molecule has 0 aliphatic heterocycles. The fraction of sp³-hybridized carbons (Fsp3) is 0.333. The van der Waals surface area contributed by atoms with E-state index in [1.807, 2.05) is 49.4 Å². The molecule has 2 aromatic carbocycles. The summed E-state index contributed by atoms with van der Waals surface area (Å²) in [6.07, 6.45) is -0.459. The quantitative estimate of drug-likeness (QED) is 0.606. The molecule has 0 bridgehead atoms. The van der Waals surface area contributed by atoms with Crippen molar-refractivity contribution in [3.63, 3.8) is 0 Å². The van der Waals surface area contributed by atoms with Gasteiger partial charge in [0.25, 0.3) is 0 Å². The van der Waals surface area contributed by atoms with Crippen molar-refractivity contribution < 1.29 is 14.6 Å². The summed E-state index contributed by atoms with van der Waals surface area (Å²) in [5.41, 5.74) is 1.71. The van der Waals surface area contributed by atoms with Crippen LogP contribution in [0.5, 0.6) is 0 Å². The number of hydrogen-bond acceptors (Lipinski definition) is 3. The zero-order chi connectivity index (χ0) is 17.6. The van der Waals surface area contributed by atoms with E-state index in [-0.39, 0.29) is 18.4 Å². The molecule has 2 rings (SSSR count). The Bertz CT molecular complexity index is 678. The van der Waals surface area contributed by atoms with Gasteiger partial charge in [0.1, 0.15) is 0 Å². The van der Waals surface area contributed by atoms with Crippen LogP contribution in [0.25, 0.3) is 0 Å². The first kappa shape index (κ1) is 19.0. The van der Waals surface area contributed by atoms with Gasteiger partial charge < -0.3 is 15.3 Å². The van der Waals surface area contributed by atoms with Crippen LogP contribution in [0.4, 0.5) is 5.69 Å². The molecule has 0 aliphatic carbocycles. The molecule has 2 unspecified atom stereocenters. The van der Waals surface area contributed by atoms with Crippen LogP contribution in [0, 0.1) is 0 Å². The number of hydrogen-bond donors (Lipinski definition) is 3. The zero-order valence-corrected chi connectivity index (χ0v) is 15.3. The van der Waals surface area contributed by atoms with Gasteiger partial charge in [-0.25, -0.2) is 0 Å². The van der Waals surface area contributed by atoms with Crippen molar-refractivity contribution in [2.24, 2.45) is 0 Å². The molecule has 0 amide bonds. The molecule has 3 N–H and O–H groups in total. The third-order valence-corrected chi connectivity index (χ3v) is 5.75. The second kappa shape index (κ2) is 8.68. The normalized spacial score (nSPS) is 16.2. The van der Waals surface area contributed by atoms with Crippen molar-refractivity contribution in [2.45, 2.75) is 31.7 Å². The van der Waals surface area contributed by atoms with E-state index in [1.165, 1.54) is 0 Å². The van der Waals surface area contributed by atoms with Crippen molar-refractivity contribution in [1.29, 1.82) is 0 Å². The molecule has 0 aliphatic rings. The highest BCUT2D eigenvalue weighted by atomic mass is 35.5. The molecule has 0 radical (unpaired) electrons. The Balaban J connectivity index is 1.83. The van der Waals surface area contributed by atoms with E-state index in [0.717, 1.165) is 11.3 Å². The predicted molar refractivity (Wildman–Crippen MR) is 100.0 cm³/mol. The maximum absolute atomic E-state index is 12.3. The third kappa shape index (κ3) is 6.66. The molecule has 0 aromatic heterocycles. The van der Waals surface area contributed by atoms with Gasteiger partial charge in [-0.1, -0.05) is 41.9 Å². The highest BCUT2D eigenvalue weighted by Gasteiger charge is 2.24. The van der Waals surface area contributed by atoms with Crippen LogP contribution in [0.1, 0.15) is 18.9 Å². The molecule has 6 heteroatoms. The molecule has 2 aromatic rings. The van der Waals surface area contributed by atoms with Crippen LogP contribution >= 0.6 is 19.0 Å². The number of aliphatic hydroxyl groups excluding tert-OH is 1. The number of anilines is 1. The molecular weight excluding hydrogens is 345 g/mol. The number of rotatable bonds is 8. The van der Waals surface area contributed by atoms with E-state index >= 15 is 0 Å². The fourth-order valence-corrected chi connectivity index (χ4v) is 4.48.